The topological polar surface area (TPSA) is 40.6 Å². The van der Waals surface area contributed by atoms with E-state index in [9.17, 15) is 9.59 Å². The number of hydrogen-bond donors (Lipinski definition) is 0. The highest BCUT2D eigenvalue weighted by Crippen LogP contribution is 2.33. The molecule has 4 heteroatoms. The Balaban J connectivity index is 1.85. The molecule has 3 rings (SSSR count). The van der Waals surface area contributed by atoms with E-state index in [1.54, 1.807) is 16.7 Å². The van der Waals surface area contributed by atoms with Gasteiger partial charge in [-0.2, -0.15) is 0 Å². The molecule has 28 heavy (non-hydrogen) atoms. The third-order valence-corrected chi connectivity index (χ3v) is 5.47. The Morgan fingerprint density at radius 2 is 1.96 bits per heavy atom. The van der Waals surface area contributed by atoms with E-state index in [2.05, 4.69) is 38.7 Å². The van der Waals surface area contributed by atoms with Crippen molar-refractivity contribution in [2.45, 2.75) is 53.0 Å². The summed E-state index contributed by atoms with van der Waals surface area (Å²) in [6.45, 7) is 12.6. The van der Waals surface area contributed by atoms with Crippen LogP contribution < -0.4 is 0 Å². The van der Waals surface area contributed by atoms with Crippen LogP contribution in [0, 0.1) is 5.92 Å². The molecule has 0 aromatic carbocycles. The second kappa shape index (κ2) is 8.17. The smallest absolute Gasteiger partial charge is 0.229 e. The normalized spacial score (nSPS) is 22.9. The highest BCUT2D eigenvalue weighted by molar-refractivity contribution is 5.83. The van der Waals surface area contributed by atoms with Gasteiger partial charge in [0.05, 0.1) is 11.7 Å². The molecule has 1 atom stereocenters. The van der Waals surface area contributed by atoms with Crippen LogP contribution in [0.1, 0.15) is 47.0 Å². The lowest BCUT2D eigenvalue weighted by atomic mass is 9.98. The largest absolute Gasteiger partial charge is 0.315 e. The molecular weight excluding hydrogens is 348 g/mol. The average Bonchev–Trinajstić information content (AvgIpc) is 3.46. The summed E-state index contributed by atoms with van der Waals surface area (Å²) < 4.78 is 0. The first kappa shape index (κ1) is 20.1. The molecule has 0 saturated heterocycles. The lowest BCUT2D eigenvalue weighted by molar-refractivity contribution is -0.135. The molecule has 1 saturated carbocycles. The quantitative estimate of drug-likeness (QED) is 0.668. The molecule has 0 radical (unpaired) electrons. The van der Waals surface area contributed by atoms with Gasteiger partial charge >= 0.3 is 0 Å². The molecule has 2 amide bonds. The van der Waals surface area contributed by atoms with Gasteiger partial charge in [-0.25, -0.2) is 0 Å². The summed E-state index contributed by atoms with van der Waals surface area (Å²) in [4.78, 5) is 28.3. The molecule has 0 bridgehead atoms. The predicted molar refractivity (Wildman–Crippen MR) is 113 cm³/mol. The van der Waals surface area contributed by atoms with Crippen molar-refractivity contribution in [2.24, 2.45) is 5.92 Å². The van der Waals surface area contributed by atoms with Gasteiger partial charge in [-0.1, -0.05) is 42.0 Å². The maximum Gasteiger partial charge on any atom is 0.229 e. The van der Waals surface area contributed by atoms with Gasteiger partial charge in [-0.05, 0) is 57.3 Å². The van der Waals surface area contributed by atoms with Crippen LogP contribution >= 0.6 is 0 Å². The number of amides is 2. The van der Waals surface area contributed by atoms with E-state index in [1.807, 2.05) is 25.3 Å². The van der Waals surface area contributed by atoms with E-state index < -0.39 is 0 Å². The van der Waals surface area contributed by atoms with Crippen LogP contribution in [0.5, 0.6) is 0 Å². The van der Waals surface area contributed by atoms with Gasteiger partial charge in [-0.3, -0.25) is 9.59 Å². The van der Waals surface area contributed by atoms with Crippen LogP contribution in [0.15, 0.2) is 71.1 Å². The number of carbonyl (C=O) groups is 2. The molecule has 2 aliphatic carbocycles. The van der Waals surface area contributed by atoms with E-state index in [-0.39, 0.29) is 23.8 Å². The Morgan fingerprint density at radius 1 is 1.25 bits per heavy atom. The standard InChI is InChI=1S/C24H30N2O2/c1-16-7-6-8-23(18(3)13-16)17(2)9-12-22-15-25(24(28)21-10-11-21)14-19(4)26(22)20(5)27/h6-9,12,15,19,21H,2,10-11,13-14H2,1,3-5H3/b12-9-. The van der Waals surface area contributed by atoms with Crippen LogP contribution in [0.2, 0.25) is 0 Å². The van der Waals surface area contributed by atoms with Gasteiger partial charge in [0, 0.05) is 25.6 Å². The molecule has 1 fully saturated rings. The summed E-state index contributed by atoms with van der Waals surface area (Å²) in [6, 6.07) is -0.0521. The minimum absolute atomic E-state index is 0.0166. The van der Waals surface area contributed by atoms with Gasteiger partial charge in [0.25, 0.3) is 0 Å². The van der Waals surface area contributed by atoms with Gasteiger partial charge < -0.3 is 9.80 Å². The first-order valence-corrected chi connectivity index (χ1v) is 10.0. The monoisotopic (exact) mass is 378 g/mol. The maximum absolute atomic E-state index is 12.5. The number of rotatable bonds is 4. The predicted octanol–water partition coefficient (Wildman–Crippen LogP) is 4.65. The molecule has 0 N–H and O–H groups in total. The SMILES string of the molecule is C=C(/C=C\C1=CN(C(=O)C2CC2)CC(C)N1C(C)=O)C1=C(C)CC(C)=CC=C1. The fourth-order valence-electron chi connectivity index (χ4n) is 3.91. The van der Waals surface area contributed by atoms with E-state index in [0.717, 1.165) is 36.1 Å². The Labute approximate surface area is 168 Å². The lowest BCUT2D eigenvalue weighted by Crippen LogP contribution is -2.48. The van der Waals surface area contributed by atoms with Crippen molar-refractivity contribution in [1.82, 2.24) is 9.80 Å². The molecule has 4 nitrogen and oxygen atoms in total. The lowest BCUT2D eigenvalue weighted by Gasteiger charge is -2.37. The molecule has 0 aromatic rings. The third-order valence-electron chi connectivity index (χ3n) is 5.47. The molecule has 1 unspecified atom stereocenters. The van der Waals surface area contributed by atoms with Gasteiger partial charge in [-0.15, -0.1) is 0 Å². The zero-order chi connectivity index (χ0) is 20.4. The van der Waals surface area contributed by atoms with Gasteiger partial charge in [0.2, 0.25) is 11.8 Å². The van der Waals surface area contributed by atoms with E-state index >= 15 is 0 Å². The maximum atomic E-state index is 12.5. The van der Waals surface area contributed by atoms with Crippen molar-refractivity contribution in [2.75, 3.05) is 6.54 Å². The first-order chi connectivity index (χ1) is 13.3. The summed E-state index contributed by atoms with van der Waals surface area (Å²) in [7, 11) is 0. The zero-order valence-corrected chi connectivity index (χ0v) is 17.4. The second-order valence-electron chi connectivity index (χ2n) is 8.16. The summed E-state index contributed by atoms with van der Waals surface area (Å²) in [6.07, 6.45) is 14.8. The fourth-order valence-corrected chi connectivity index (χ4v) is 3.91. The van der Waals surface area contributed by atoms with Gasteiger partial charge in [0.1, 0.15) is 0 Å². The van der Waals surface area contributed by atoms with Crippen molar-refractivity contribution in [1.29, 1.82) is 0 Å². The van der Waals surface area contributed by atoms with Crippen LogP contribution in [0.4, 0.5) is 0 Å². The highest BCUT2D eigenvalue weighted by Gasteiger charge is 2.36. The molecule has 3 aliphatic rings. The highest BCUT2D eigenvalue weighted by atomic mass is 16.2. The van der Waals surface area contributed by atoms with Crippen molar-refractivity contribution < 1.29 is 9.59 Å². The Morgan fingerprint density at radius 3 is 2.61 bits per heavy atom. The number of allylic oxidation sites excluding steroid dienone is 9. The molecule has 148 valence electrons. The van der Waals surface area contributed by atoms with E-state index in [1.165, 1.54) is 11.1 Å². The van der Waals surface area contributed by atoms with E-state index in [0.29, 0.717) is 6.54 Å². The molecule has 1 aliphatic heterocycles. The summed E-state index contributed by atoms with van der Waals surface area (Å²) >= 11 is 0. The number of carbonyl (C=O) groups excluding carboxylic acids is 2. The van der Waals surface area contributed by atoms with E-state index in [4.69, 9.17) is 0 Å². The van der Waals surface area contributed by atoms with Crippen LogP contribution in [0.25, 0.3) is 0 Å². The van der Waals surface area contributed by atoms with Gasteiger partial charge in [0.15, 0.2) is 0 Å². The minimum Gasteiger partial charge on any atom is -0.315 e. The summed E-state index contributed by atoms with van der Waals surface area (Å²) in [5.41, 5.74) is 5.36. The third kappa shape index (κ3) is 4.44. The Hall–Kier alpha value is -2.62. The Kier molecular flexibility index (Phi) is 5.87. The number of hydrogen-bond acceptors (Lipinski definition) is 2. The van der Waals surface area contributed by atoms with Crippen molar-refractivity contribution in [3.8, 4) is 0 Å². The fraction of sp³-hybridized carbons (Fsp3) is 0.417. The number of nitrogens with zero attached hydrogens (tertiary/aromatic N) is 2. The second-order valence-corrected chi connectivity index (χ2v) is 8.16. The van der Waals surface area contributed by atoms with Crippen LogP contribution in [-0.2, 0) is 9.59 Å². The summed E-state index contributed by atoms with van der Waals surface area (Å²) in [5, 5.41) is 0. The minimum atomic E-state index is -0.0521. The first-order valence-electron chi connectivity index (χ1n) is 10.0. The van der Waals surface area contributed by atoms with Crippen LogP contribution in [0.3, 0.4) is 0 Å². The van der Waals surface area contributed by atoms with Crippen molar-refractivity contribution in [3.63, 3.8) is 0 Å². The molecule has 0 aromatic heterocycles. The Bertz CT molecular complexity index is 850. The van der Waals surface area contributed by atoms with Crippen LogP contribution in [-0.4, -0.2) is 34.2 Å². The molecular formula is C24H30N2O2. The van der Waals surface area contributed by atoms with Crippen molar-refractivity contribution in [3.05, 3.63) is 71.1 Å². The molecule has 1 heterocycles. The summed E-state index contributed by atoms with van der Waals surface area (Å²) in [5.74, 6) is 0.316. The van der Waals surface area contributed by atoms with Crippen molar-refractivity contribution >= 4 is 11.8 Å². The average molecular weight is 379 g/mol. The molecule has 0 spiro atoms. The zero-order valence-electron chi connectivity index (χ0n) is 17.4.